The summed E-state index contributed by atoms with van der Waals surface area (Å²) in [5.74, 6) is 0.750. The van der Waals surface area contributed by atoms with Gasteiger partial charge in [0.2, 0.25) is 0 Å². The molecule has 1 aromatic heterocycles. The monoisotopic (exact) mass is 261 g/mol. The molecule has 13 heavy (non-hydrogen) atoms. The molecule has 0 fully saturated rings. The normalized spacial score (nSPS) is 10.9. The van der Waals surface area contributed by atoms with E-state index in [9.17, 15) is 5.11 Å². The largest absolute Gasteiger partial charge is 0.506 e. The van der Waals surface area contributed by atoms with Crippen molar-refractivity contribution in [2.24, 2.45) is 0 Å². The summed E-state index contributed by atoms with van der Waals surface area (Å²) in [6.45, 7) is 0. The summed E-state index contributed by atoms with van der Waals surface area (Å²) in [6, 6.07) is 3.28. The summed E-state index contributed by atoms with van der Waals surface area (Å²) in [5.41, 5.74) is 0.555. The smallest absolute Gasteiger partial charge is 0.141 e. The maximum absolute atomic E-state index is 9.37. The minimum atomic E-state index is 0.175. The highest BCUT2D eigenvalue weighted by molar-refractivity contribution is 9.10. The maximum Gasteiger partial charge on any atom is 0.141 e. The fraction of sp³-hybridized carbons (Fsp3) is 0.222. The van der Waals surface area contributed by atoms with Gasteiger partial charge in [0, 0.05) is 5.88 Å². The minimum Gasteiger partial charge on any atom is -0.506 e. The number of allylic oxidation sites excluding steroid dienone is 1. The second-order valence-corrected chi connectivity index (χ2v) is 3.61. The molecule has 0 saturated carbocycles. The van der Waals surface area contributed by atoms with E-state index in [0.717, 1.165) is 6.42 Å². The van der Waals surface area contributed by atoms with Gasteiger partial charge in [-0.05, 0) is 40.6 Å². The Kier molecular flexibility index (Phi) is 4.25. The Labute approximate surface area is 90.4 Å². The lowest BCUT2D eigenvalue weighted by Gasteiger charge is -1.97. The van der Waals surface area contributed by atoms with Gasteiger partial charge in [-0.15, -0.1) is 11.6 Å². The molecule has 1 heterocycles. The lowest BCUT2D eigenvalue weighted by molar-refractivity contribution is 0.471. The third kappa shape index (κ3) is 3.36. The summed E-state index contributed by atoms with van der Waals surface area (Å²) < 4.78 is 0.704. The van der Waals surface area contributed by atoms with Crippen LogP contribution < -0.4 is 0 Å². The van der Waals surface area contributed by atoms with Gasteiger partial charge < -0.3 is 5.11 Å². The number of halogens is 2. The molecule has 2 nitrogen and oxygen atoms in total. The Morgan fingerprint density at radius 2 is 2.31 bits per heavy atom. The number of nitrogens with zero attached hydrogens (tertiary/aromatic N) is 1. The predicted molar refractivity (Wildman–Crippen MR) is 58.0 cm³/mol. The van der Waals surface area contributed by atoms with Crippen molar-refractivity contribution >= 4 is 33.6 Å². The molecule has 0 atom stereocenters. The highest BCUT2D eigenvalue weighted by Crippen LogP contribution is 2.19. The third-order valence-electron chi connectivity index (χ3n) is 1.42. The molecule has 0 aliphatic rings. The van der Waals surface area contributed by atoms with E-state index in [4.69, 9.17) is 11.6 Å². The molecule has 0 saturated heterocycles. The van der Waals surface area contributed by atoms with Crippen LogP contribution >= 0.6 is 27.5 Å². The number of hydrogen-bond donors (Lipinski definition) is 1. The van der Waals surface area contributed by atoms with Gasteiger partial charge >= 0.3 is 0 Å². The Bertz CT molecular complexity index is 314. The number of hydrogen-bond acceptors (Lipinski definition) is 2. The molecule has 70 valence electrons. The van der Waals surface area contributed by atoms with Gasteiger partial charge in [-0.25, -0.2) is 4.98 Å². The summed E-state index contributed by atoms with van der Waals surface area (Å²) in [5, 5.41) is 9.37. The standard InChI is InChI=1S/C9H9BrClNO/c10-9-5-4-8(13)7(12-9)3-1-2-6-11/h1,3-5,13H,2,6H2. The molecule has 0 aliphatic heterocycles. The van der Waals surface area contributed by atoms with Crippen molar-refractivity contribution in [3.05, 3.63) is 28.5 Å². The highest BCUT2D eigenvalue weighted by Gasteiger charge is 1.98. The van der Waals surface area contributed by atoms with Crippen LogP contribution in [-0.4, -0.2) is 16.0 Å². The SMILES string of the molecule is Oc1ccc(Br)nc1C=CCCCl. The summed E-state index contributed by atoms with van der Waals surface area (Å²) in [7, 11) is 0. The van der Waals surface area contributed by atoms with Crippen LogP contribution in [0.2, 0.25) is 0 Å². The van der Waals surface area contributed by atoms with Crippen LogP contribution in [0.25, 0.3) is 6.08 Å². The van der Waals surface area contributed by atoms with E-state index in [0.29, 0.717) is 16.2 Å². The lowest BCUT2D eigenvalue weighted by atomic mass is 10.3. The van der Waals surface area contributed by atoms with Crippen LogP contribution in [0.3, 0.4) is 0 Å². The first-order valence-corrected chi connectivity index (χ1v) is 5.15. The molecule has 1 N–H and O–H groups in total. The fourth-order valence-corrected chi connectivity index (χ4v) is 1.27. The Balaban J connectivity index is 2.81. The molecule has 0 amide bonds. The molecule has 4 heteroatoms. The van der Waals surface area contributed by atoms with E-state index in [1.165, 1.54) is 0 Å². The Morgan fingerprint density at radius 1 is 1.54 bits per heavy atom. The van der Waals surface area contributed by atoms with Gasteiger partial charge in [0.05, 0.1) is 0 Å². The summed E-state index contributed by atoms with van der Waals surface area (Å²) in [4.78, 5) is 4.08. The zero-order valence-electron chi connectivity index (χ0n) is 6.87. The van der Waals surface area contributed by atoms with Crippen LogP contribution in [0.4, 0.5) is 0 Å². The minimum absolute atomic E-state index is 0.175. The zero-order valence-corrected chi connectivity index (χ0v) is 9.22. The van der Waals surface area contributed by atoms with E-state index in [2.05, 4.69) is 20.9 Å². The van der Waals surface area contributed by atoms with E-state index in [1.54, 1.807) is 18.2 Å². The van der Waals surface area contributed by atoms with Gasteiger partial charge in [0.1, 0.15) is 16.0 Å². The Morgan fingerprint density at radius 3 is 3.00 bits per heavy atom. The van der Waals surface area contributed by atoms with Crippen LogP contribution in [0.1, 0.15) is 12.1 Å². The molecule has 1 aromatic rings. The first-order chi connectivity index (χ1) is 6.24. The van der Waals surface area contributed by atoms with Crippen LogP contribution in [0, 0.1) is 0 Å². The fourth-order valence-electron chi connectivity index (χ4n) is 0.823. The zero-order chi connectivity index (χ0) is 9.68. The van der Waals surface area contributed by atoms with Crippen molar-refractivity contribution in [2.75, 3.05) is 5.88 Å². The van der Waals surface area contributed by atoms with Gasteiger partial charge in [0.25, 0.3) is 0 Å². The van der Waals surface area contributed by atoms with E-state index in [-0.39, 0.29) is 5.75 Å². The number of rotatable bonds is 3. The predicted octanol–water partition coefficient (Wildman–Crippen LogP) is 3.19. The topological polar surface area (TPSA) is 33.1 Å². The molecule has 0 radical (unpaired) electrons. The first-order valence-electron chi connectivity index (χ1n) is 3.82. The molecule has 0 unspecified atom stereocenters. The van der Waals surface area contributed by atoms with Crippen molar-refractivity contribution in [2.45, 2.75) is 6.42 Å². The first kappa shape index (κ1) is 10.5. The molecule has 0 aliphatic carbocycles. The van der Waals surface area contributed by atoms with Crippen molar-refractivity contribution in [3.8, 4) is 5.75 Å². The van der Waals surface area contributed by atoms with E-state index in [1.807, 2.05) is 6.08 Å². The number of aromatic nitrogens is 1. The molecule has 0 aromatic carbocycles. The van der Waals surface area contributed by atoms with Crippen LogP contribution in [0.5, 0.6) is 5.75 Å². The summed E-state index contributed by atoms with van der Waals surface area (Å²) in [6.07, 6.45) is 4.40. The van der Waals surface area contributed by atoms with Crippen molar-refractivity contribution in [3.63, 3.8) is 0 Å². The third-order valence-corrected chi connectivity index (χ3v) is 2.08. The van der Waals surface area contributed by atoms with Gasteiger partial charge in [-0.3, -0.25) is 0 Å². The van der Waals surface area contributed by atoms with Crippen molar-refractivity contribution in [1.82, 2.24) is 4.98 Å². The molecule has 0 bridgehead atoms. The second kappa shape index (κ2) is 5.25. The maximum atomic E-state index is 9.37. The molecule has 0 spiro atoms. The van der Waals surface area contributed by atoms with E-state index < -0.39 is 0 Å². The quantitative estimate of drug-likeness (QED) is 0.670. The average molecular weight is 263 g/mol. The van der Waals surface area contributed by atoms with Gasteiger partial charge in [-0.2, -0.15) is 0 Å². The molecular weight excluding hydrogens is 253 g/mol. The summed E-state index contributed by atoms with van der Waals surface area (Å²) >= 11 is 8.72. The molecular formula is C9H9BrClNO. The van der Waals surface area contributed by atoms with Crippen LogP contribution in [0.15, 0.2) is 22.8 Å². The average Bonchev–Trinajstić information content (AvgIpc) is 2.11. The second-order valence-electron chi connectivity index (χ2n) is 2.42. The number of alkyl halides is 1. The van der Waals surface area contributed by atoms with Crippen molar-refractivity contribution in [1.29, 1.82) is 0 Å². The molecule has 1 rings (SSSR count). The van der Waals surface area contributed by atoms with Crippen molar-refractivity contribution < 1.29 is 5.11 Å². The van der Waals surface area contributed by atoms with Gasteiger partial charge in [0.15, 0.2) is 0 Å². The van der Waals surface area contributed by atoms with Gasteiger partial charge in [-0.1, -0.05) is 6.08 Å². The lowest BCUT2D eigenvalue weighted by Crippen LogP contribution is -1.82. The number of aromatic hydroxyl groups is 1. The highest BCUT2D eigenvalue weighted by atomic mass is 79.9. The van der Waals surface area contributed by atoms with E-state index >= 15 is 0 Å². The Hall–Kier alpha value is -0.540. The number of pyridine rings is 1. The van der Waals surface area contributed by atoms with Crippen LogP contribution in [-0.2, 0) is 0 Å².